The monoisotopic (exact) mass is 295 g/mol. The molecule has 1 rings (SSSR count). The lowest BCUT2D eigenvalue weighted by Crippen LogP contribution is -2.45. The molecule has 20 heavy (non-hydrogen) atoms. The average Bonchev–Trinajstić information content (AvgIpc) is 2.38. The third kappa shape index (κ3) is 4.18. The molecule has 1 N–H and O–H groups in total. The van der Waals surface area contributed by atoms with Gasteiger partial charge in [-0.2, -0.15) is 0 Å². The summed E-state index contributed by atoms with van der Waals surface area (Å²) in [6.45, 7) is 11.7. The Kier molecular flexibility index (Phi) is 5.54. The van der Waals surface area contributed by atoms with Crippen LogP contribution >= 0.6 is 0 Å². The smallest absolute Gasteiger partial charge is 0.118 e. The van der Waals surface area contributed by atoms with Gasteiger partial charge in [0.05, 0.1) is 28.4 Å². The van der Waals surface area contributed by atoms with Gasteiger partial charge in [-0.05, 0) is 51.8 Å². The summed E-state index contributed by atoms with van der Waals surface area (Å²) in [5.41, 5.74) is 0.655. The van der Waals surface area contributed by atoms with Crippen molar-refractivity contribution in [2.45, 2.75) is 44.4 Å². The highest BCUT2D eigenvalue weighted by Gasteiger charge is 2.31. The van der Waals surface area contributed by atoms with E-state index in [1.165, 1.54) is 0 Å². The molecule has 0 spiro atoms. The predicted molar refractivity (Wildman–Crippen MR) is 86.2 cm³/mol. The minimum atomic E-state index is -1.14. The fourth-order valence-corrected chi connectivity index (χ4v) is 2.74. The van der Waals surface area contributed by atoms with E-state index >= 15 is 0 Å². The van der Waals surface area contributed by atoms with Crippen molar-refractivity contribution >= 4 is 11.0 Å². The standard InChI is InChI=1S/C16H25NO2S/c1-7-12-16(5,17-20(18)15(2,3)4)13-8-10-14(19-6)11-9-13/h7-11,17H,1,12H2,2-6H3/t16-,20-/m1/s1. The van der Waals surface area contributed by atoms with Crippen LogP contribution in [0.1, 0.15) is 39.7 Å². The molecule has 0 unspecified atom stereocenters. The van der Waals surface area contributed by atoms with Crippen molar-refractivity contribution in [1.82, 2.24) is 4.72 Å². The summed E-state index contributed by atoms with van der Waals surface area (Å²) in [4.78, 5) is 0. The van der Waals surface area contributed by atoms with Crippen LogP contribution in [0.15, 0.2) is 36.9 Å². The Morgan fingerprint density at radius 2 is 1.80 bits per heavy atom. The van der Waals surface area contributed by atoms with E-state index in [1.54, 1.807) is 7.11 Å². The maximum atomic E-state index is 12.4. The predicted octanol–water partition coefficient (Wildman–Crippen LogP) is 3.54. The second-order valence-corrected chi connectivity index (χ2v) is 8.00. The average molecular weight is 295 g/mol. The van der Waals surface area contributed by atoms with Crippen molar-refractivity contribution in [2.75, 3.05) is 7.11 Å². The van der Waals surface area contributed by atoms with Crippen LogP contribution in [0.4, 0.5) is 0 Å². The van der Waals surface area contributed by atoms with Crippen molar-refractivity contribution in [3.63, 3.8) is 0 Å². The molecule has 112 valence electrons. The molecule has 2 atom stereocenters. The van der Waals surface area contributed by atoms with Crippen molar-refractivity contribution in [3.8, 4) is 5.75 Å². The lowest BCUT2D eigenvalue weighted by molar-refractivity contribution is 0.412. The van der Waals surface area contributed by atoms with Crippen LogP contribution in [0, 0.1) is 0 Å². The van der Waals surface area contributed by atoms with Crippen LogP contribution < -0.4 is 9.46 Å². The third-order valence-electron chi connectivity index (χ3n) is 3.15. The summed E-state index contributed by atoms with van der Waals surface area (Å²) in [7, 11) is 0.499. The van der Waals surface area contributed by atoms with E-state index < -0.39 is 16.5 Å². The van der Waals surface area contributed by atoms with E-state index in [4.69, 9.17) is 4.74 Å². The molecule has 0 aliphatic carbocycles. The van der Waals surface area contributed by atoms with Gasteiger partial charge in [-0.25, -0.2) is 8.93 Å². The van der Waals surface area contributed by atoms with Gasteiger partial charge in [0.2, 0.25) is 0 Å². The minimum absolute atomic E-state index is 0.311. The topological polar surface area (TPSA) is 38.3 Å². The SMILES string of the molecule is C=CC[C@@](C)(N[S@](=O)C(C)(C)C)c1ccc(OC)cc1. The Bertz CT molecular complexity index is 476. The molecule has 4 heteroatoms. The zero-order chi connectivity index (χ0) is 15.4. The van der Waals surface area contributed by atoms with E-state index in [9.17, 15) is 4.21 Å². The number of nitrogens with one attached hydrogen (secondary N) is 1. The van der Waals surface area contributed by atoms with Crippen molar-refractivity contribution in [2.24, 2.45) is 0 Å². The summed E-state index contributed by atoms with van der Waals surface area (Å²) in [6, 6.07) is 7.82. The summed E-state index contributed by atoms with van der Waals surface area (Å²) in [5.74, 6) is 0.812. The van der Waals surface area contributed by atoms with Crippen LogP contribution in [-0.2, 0) is 16.5 Å². The van der Waals surface area contributed by atoms with E-state index in [0.29, 0.717) is 6.42 Å². The molecule has 0 amide bonds. The molecule has 0 saturated heterocycles. The quantitative estimate of drug-likeness (QED) is 0.815. The lowest BCUT2D eigenvalue weighted by atomic mass is 9.90. The minimum Gasteiger partial charge on any atom is -0.497 e. The molecule has 0 aliphatic rings. The van der Waals surface area contributed by atoms with Gasteiger partial charge in [0, 0.05) is 0 Å². The lowest BCUT2D eigenvalue weighted by Gasteiger charge is -2.33. The third-order valence-corrected chi connectivity index (χ3v) is 4.90. The largest absolute Gasteiger partial charge is 0.497 e. The zero-order valence-electron chi connectivity index (χ0n) is 13.0. The highest BCUT2D eigenvalue weighted by Crippen LogP contribution is 2.28. The first kappa shape index (κ1) is 16.9. The van der Waals surface area contributed by atoms with Gasteiger partial charge in [-0.15, -0.1) is 6.58 Å². The van der Waals surface area contributed by atoms with Crippen LogP contribution in [0.3, 0.4) is 0 Å². The van der Waals surface area contributed by atoms with Crippen molar-refractivity contribution in [1.29, 1.82) is 0 Å². The fraction of sp³-hybridized carbons (Fsp3) is 0.500. The zero-order valence-corrected chi connectivity index (χ0v) is 13.8. The fourth-order valence-electron chi connectivity index (χ4n) is 1.82. The summed E-state index contributed by atoms with van der Waals surface area (Å²) < 4.78 is 20.5. The van der Waals surface area contributed by atoms with Crippen LogP contribution in [-0.4, -0.2) is 16.1 Å². The Morgan fingerprint density at radius 3 is 2.20 bits per heavy atom. The maximum absolute atomic E-state index is 12.4. The molecule has 0 saturated carbocycles. The summed E-state index contributed by atoms with van der Waals surface area (Å²) >= 11 is 0. The Hall–Kier alpha value is -1.13. The molecule has 0 fully saturated rings. The summed E-state index contributed by atoms with van der Waals surface area (Å²) in [6.07, 6.45) is 2.54. The van der Waals surface area contributed by atoms with Gasteiger partial charge in [0.15, 0.2) is 0 Å². The van der Waals surface area contributed by atoms with E-state index in [1.807, 2.05) is 58.0 Å². The molecular formula is C16H25NO2S. The van der Waals surface area contributed by atoms with Gasteiger partial charge < -0.3 is 4.74 Å². The van der Waals surface area contributed by atoms with Crippen LogP contribution in [0.2, 0.25) is 0 Å². The molecule has 0 aromatic heterocycles. The number of benzene rings is 1. The number of ether oxygens (including phenoxy) is 1. The summed E-state index contributed by atoms with van der Waals surface area (Å²) in [5, 5.41) is 0. The highest BCUT2D eigenvalue weighted by atomic mass is 32.2. The Morgan fingerprint density at radius 1 is 1.25 bits per heavy atom. The first-order chi connectivity index (χ1) is 9.23. The maximum Gasteiger partial charge on any atom is 0.118 e. The number of hydrogen-bond acceptors (Lipinski definition) is 2. The van der Waals surface area contributed by atoms with Crippen LogP contribution in [0.5, 0.6) is 5.75 Å². The van der Waals surface area contributed by atoms with Gasteiger partial charge >= 0.3 is 0 Å². The van der Waals surface area contributed by atoms with E-state index in [-0.39, 0.29) is 4.75 Å². The van der Waals surface area contributed by atoms with Gasteiger partial charge in [-0.1, -0.05) is 18.2 Å². The number of methoxy groups -OCH3 is 1. The highest BCUT2D eigenvalue weighted by molar-refractivity contribution is 7.84. The van der Waals surface area contributed by atoms with E-state index in [0.717, 1.165) is 11.3 Å². The van der Waals surface area contributed by atoms with Gasteiger partial charge in [0.25, 0.3) is 0 Å². The van der Waals surface area contributed by atoms with Gasteiger partial charge in [-0.3, -0.25) is 0 Å². The second kappa shape index (κ2) is 6.55. The first-order valence-electron chi connectivity index (χ1n) is 6.68. The molecule has 0 heterocycles. The number of rotatable bonds is 6. The second-order valence-electron chi connectivity index (χ2n) is 6.04. The molecule has 0 aliphatic heterocycles. The molecule has 0 radical (unpaired) electrons. The Labute approximate surface area is 125 Å². The first-order valence-corrected chi connectivity index (χ1v) is 7.83. The van der Waals surface area contributed by atoms with E-state index in [2.05, 4.69) is 11.3 Å². The molecule has 0 bridgehead atoms. The van der Waals surface area contributed by atoms with Crippen LogP contribution in [0.25, 0.3) is 0 Å². The Balaban J connectivity index is 3.06. The van der Waals surface area contributed by atoms with Crippen molar-refractivity contribution in [3.05, 3.63) is 42.5 Å². The normalized spacial score (nSPS) is 16.2. The van der Waals surface area contributed by atoms with Crippen molar-refractivity contribution < 1.29 is 8.95 Å². The molecular weight excluding hydrogens is 270 g/mol. The molecule has 1 aromatic carbocycles. The molecule has 1 aromatic rings. The molecule has 3 nitrogen and oxygen atoms in total. The van der Waals surface area contributed by atoms with Gasteiger partial charge in [0.1, 0.15) is 5.75 Å². The number of hydrogen-bond donors (Lipinski definition) is 1.